The number of ether oxygens (including phenoxy) is 1. The number of nitrogens with zero attached hydrogens (tertiary/aromatic N) is 1. The van der Waals surface area contributed by atoms with Gasteiger partial charge in [0.05, 0.1) is 24.0 Å². The molecule has 1 aromatic carbocycles. The third-order valence-electron chi connectivity index (χ3n) is 7.73. The summed E-state index contributed by atoms with van der Waals surface area (Å²) in [4.78, 5) is 53.8. The number of esters is 1. The number of aromatic hydroxyl groups is 1. The van der Waals surface area contributed by atoms with Crippen molar-refractivity contribution in [3.63, 3.8) is 0 Å². The number of oxazole rings is 1. The fourth-order valence-electron chi connectivity index (χ4n) is 5.84. The molecule has 0 aliphatic heterocycles. The highest BCUT2D eigenvalue weighted by Gasteiger charge is 2.64. The zero-order valence-electron chi connectivity index (χ0n) is 21.2. The SMILES string of the molecule is CCOC(=O)c1coc(Nc2ccc3c(c2O)C(O)=C2C(=O)[C@]4(O)C(O)=C(C(N)=O)C(=O)C[C@@H]4[C@@H](O)[C@@H]2[C@H]3C)n1. The van der Waals surface area contributed by atoms with Crippen LogP contribution in [0.4, 0.5) is 11.7 Å². The van der Waals surface area contributed by atoms with E-state index in [1.807, 2.05) is 0 Å². The van der Waals surface area contributed by atoms with Crippen molar-refractivity contribution in [1.29, 1.82) is 0 Å². The Morgan fingerprint density at radius 3 is 2.60 bits per heavy atom. The number of carbonyl (C=O) groups excluding carboxylic acids is 4. The second-order valence-electron chi connectivity index (χ2n) is 9.79. The van der Waals surface area contributed by atoms with Gasteiger partial charge in [0.25, 0.3) is 11.9 Å². The van der Waals surface area contributed by atoms with Gasteiger partial charge in [0.15, 0.2) is 17.1 Å². The fraction of sp³-hybridized carbons (Fsp3) is 0.346. The van der Waals surface area contributed by atoms with E-state index in [0.717, 1.165) is 6.26 Å². The van der Waals surface area contributed by atoms with Gasteiger partial charge in [0, 0.05) is 23.8 Å². The number of aliphatic hydroxyl groups excluding tert-OH is 3. The first-order valence-corrected chi connectivity index (χ1v) is 12.2. The number of Topliss-reactive ketones (excluding diaryl/α,β-unsaturated/α-hetero) is 2. The van der Waals surface area contributed by atoms with E-state index in [2.05, 4.69) is 10.3 Å². The molecule has 40 heavy (non-hydrogen) atoms. The molecular formula is C26H25N3O11. The van der Waals surface area contributed by atoms with Gasteiger partial charge in [-0.1, -0.05) is 13.0 Å². The van der Waals surface area contributed by atoms with Crippen LogP contribution in [0.2, 0.25) is 0 Å². The summed E-state index contributed by atoms with van der Waals surface area (Å²) in [6.45, 7) is 3.34. The Hall–Kier alpha value is -4.69. The Labute approximate surface area is 225 Å². The monoisotopic (exact) mass is 555 g/mol. The largest absolute Gasteiger partial charge is 0.508 e. The van der Waals surface area contributed by atoms with Crippen LogP contribution in [-0.2, 0) is 19.1 Å². The molecule has 1 aromatic heterocycles. The molecule has 5 rings (SSSR count). The predicted molar refractivity (Wildman–Crippen MR) is 133 cm³/mol. The molecule has 1 heterocycles. The number of nitrogens with one attached hydrogen (secondary N) is 1. The van der Waals surface area contributed by atoms with E-state index in [4.69, 9.17) is 14.9 Å². The summed E-state index contributed by atoms with van der Waals surface area (Å²) >= 11 is 0. The molecule has 1 amide bonds. The number of anilines is 2. The summed E-state index contributed by atoms with van der Waals surface area (Å²) in [6, 6.07) is 2.73. The van der Waals surface area contributed by atoms with Crippen LogP contribution in [0.1, 0.15) is 47.8 Å². The molecule has 0 radical (unpaired) electrons. The number of phenols is 1. The minimum absolute atomic E-state index is 0.0452. The van der Waals surface area contributed by atoms with Crippen molar-refractivity contribution in [1.82, 2.24) is 4.98 Å². The summed E-state index contributed by atoms with van der Waals surface area (Å²) in [7, 11) is 0. The molecule has 8 N–H and O–H groups in total. The normalized spacial score (nSPS) is 27.6. The van der Waals surface area contributed by atoms with Crippen molar-refractivity contribution in [2.75, 3.05) is 11.9 Å². The molecule has 1 fully saturated rings. The van der Waals surface area contributed by atoms with Gasteiger partial charge in [-0.15, -0.1) is 0 Å². The summed E-state index contributed by atoms with van der Waals surface area (Å²) in [5.41, 5.74) is 0.706. The van der Waals surface area contributed by atoms with Crippen molar-refractivity contribution in [3.05, 3.63) is 52.1 Å². The van der Waals surface area contributed by atoms with Gasteiger partial charge in [-0.05, 0) is 24.5 Å². The smallest absolute Gasteiger partial charge is 0.360 e. The van der Waals surface area contributed by atoms with E-state index >= 15 is 0 Å². The summed E-state index contributed by atoms with van der Waals surface area (Å²) in [6.07, 6.45) is -1.25. The Morgan fingerprint density at radius 1 is 1.25 bits per heavy atom. The van der Waals surface area contributed by atoms with Crippen molar-refractivity contribution in [3.8, 4) is 5.75 Å². The average molecular weight is 555 g/mol. The Balaban J connectivity index is 1.61. The van der Waals surface area contributed by atoms with E-state index in [1.54, 1.807) is 13.8 Å². The quantitative estimate of drug-likeness (QED) is 0.154. The van der Waals surface area contributed by atoms with Gasteiger partial charge in [0.2, 0.25) is 5.78 Å². The number of hydrogen-bond donors (Lipinski definition) is 7. The second-order valence-corrected chi connectivity index (χ2v) is 9.79. The van der Waals surface area contributed by atoms with Crippen molar-refractivity contribution >= 4 is 40.9 Å². The zero-order valence-corrected chi connectivity index (χ0v) is 21.2. The van der Waals surface area contributed by atoms with Gasteiger partial charge < -0.3 is 45.7 Å². The van der Waals surface area contributed by atoms with Crippen LogP contribution in [0.3, 0.4) is 0 Å². The van der Waals surface area contributed by atoms with Crippen molar-refractivity contribution in [2.45, 2.75) is 37.9 Å². The summed E-state index contributed by atoms with van der Waals surface area (Å²) in [5, 5.41) is 58.4. The van der Waals surface area contributed by atoms with Crippen LogP contribution < -0.4 is 11.1 Å². The molecule has 0 bridgehead atoms. The fourth-order valence-corrected chi connectivity index (χ4v) is 5.84. The second kappa shape index (κ2) is 9.20. The summed E-state index contributed by atoms with van der Waals surface area (Å²) < 4.78 is 10.0. The third kappa shape index (κ3) is 3.60. The van der Waals surface area contributed by atoms with Crippen LogP contribution in [-0.4, -0.2) is 72.3 Å². The van der Waals surface area contributed by atoms with Gasteiger partial charge in [-0.2, -0.15) is 4.98 Å². The molecule has 0 spiro atoms. The van der Waals surface area contributed by atoms with Gasteiger partial charge >= 0.3 is 5.97 Å². The zero-order chi connectivity index (χ0) is 29.3. The van der Waals surface area contributed by atoms with Crippen LogP contribution in [0.5, 0.6) is 5.75 Å². The first-order chi connectivity index (χ1) is 18.8. The highest BCUT2D eigenvalue weighted by Crippen LogP contribution is 2.56. The standard InChI is InChI=1S/C26H25N3O11/c1-3-39-24(37)12-7-40-25(29-12)28-11-5-4-9-8(2)14-17(20(33)15(9)19(11)32)22(35)26(38)10(18(14)31)6-13(30)16(21(26)34)23(27)36/h4-5,7-8,10,14,18,31-34,38H,3,6H2,1-2H3,(H2,27,36)(H,28,29)/t8-,10+,14+,18+,26+/m0/s1. The maximum absolute atomic E-state index is 13.7. The Bertz CT molecular complexity index is 1550. The lowest BCUT2D eigenvalue weighted by molar-refractivity contribution is -0.160. The number of rotatable bonds is 5. The number of benzene rings is 1. The van der Waals surface area contributed by atoms with Gasteiger partial charge in [0.1, 0.15) is 29.1 Å². The Kier molecular flexibility index (Phi) is 6.19. The lowest BCUT2D eigenvalue weighted by atomic mass is 9.55. The van der Waals surface area contributed by atoms with Crippen LogP contribution >= 0.6 is 0 Å². The number of amides is 1. The van der Waals surface area contributed by atoms with Crippen LogP contribution in [0.15, 0.2) is 39.7 Å². The van der Waals surface area contributed by atoms with E-state index in [9.17, 15) is 44.7 Å². The molecule has 3 aliphatic rings. The van der Waals surface area contributed by atoms with Crippen molar-refractivity contribution < 1.29 is 53.9 Å². The minimum Gasteiger partial charge on any atom is -0.508 e. The average Bonchev–Trinajstić information content (AvgIpc) is 3.36. The molecule has 2 aromatic rings. The maximum atomic E-state index is 13.7. The highest BCUT2D eigenvalue weighted by atomic mass is 16.5. The number of aromatic nitrogens is 1. The number of carbonyl (C=O) groups is 4. The number of hydrogen-bond acceptors (Lipinski definition) is 13. The molecule has 3 aliphatic carbocycles. The van der Waals surface area contributed by atoms with E-state index < -0.39 is 87.7 Å². The maximum Gasteiger partial charge on any atom is 0.360 e. The molecular weight excluding hydrogens is 530 g/mol. The number of nitrogens with two attached hydrogens (primary N) is 1. The molecule has 1 saturated carbocycles. The lowest BCUT2D eigenvalue weighted by Gasteiger charge is -2.50. The first-order valence-electron chi connectivity index (χ1n) is 12.2. The molecule has 14 nitrogen and oxygen atoms in total. The topological polar surface area (TPSA) is 243 Å². The number of primary amides is 1. The van der Waals surface area contributed by atoms with Crippen molar-refractivity contribution in [2.24, 2.45) is 17.6 Å². The Morgan fingerprint density at radius 2 is 1.95 bits per heavy atom. The number of phenolic OH excluding ortho intramolecular Hbond substituents is 1. The number of fused-ring (bicyclic) bond motifs is 3. The minimum atomic E-state index is -2.93. The molecule has 210 valence electrons. The van der Waals surface area contributed by atoms with E-state index in [-0.39, 0.29) is 29.6 Å². The highest BCUT2D eigenvalue weighted by molar-refractivity contribution is 6.23. The molecule has 0 saturated heterocycles. The third-order valence-corrected chi connectivity index (χ3v) is 7.73. The molecule has 5 atom stereocenters. The lowest BCUT2D eigenvalue weighted by Crippen LogP contribution is -2.63. The van der Waals surface area contributed by atoms with Crippen LogP contribution in [0, 0.1) is 11.8 Å². The number of aliphatic hydroxyl groups is 4. The first kappa shape index (κ1) is 26.9. The predicted octanol–water partition coefficient (Wildman–Crippen LogP) is 0.864. The molecule has 0 unspecified atom stereocenters. The van der Waals surface area contributed by atoms with Gasteiger partial charge in [-0.3, -0.25) is 14.4 Å². The van der Waals surface area contributed by atoms with E-state index in [0.29, 0.717) is 5.56 Å². The van der Waals surface area contributed by atoms with E-state index in [1.165, 1.54) is 12.1 Å². The van der Waals surface area contributed by atoms with Gasteiger partial charge in [-0.25, -0.2) is 4.79 Å². The summed E-state index contributed by atoms with van der Waals surface area (Å²) in [5.74, 6) is -10.4. The molecule has 14 heteroatoms. The van der Waals surface area contributed by atoms with Crippen LogP contribution in [0.25, 0.3) is 5.76 Å². The number of ketones is 2.